The van der Waals surface area contributed by atoms with Gasteiger partial charge in [-0.2, -0.15) is 0 Å². The molecule has 0 amide bonds. The van der Waals surface area contributed by atoms with E-state index in [9.17, 15) is 0 Å². The maximum atomic E-state index is 8.39. The largest absolute Gasteiger partial charge is 0.309 e. The molecule has 1 rings (SSSR count). The first kappa shape index (κ1) is 13.7. The quantitative estimate of drug-likeness (QED) is 0.667. The van der Waals surface area contributed by atoms with Crippen LogP contribution in [0.5, 0.6) is 0 Å². The molecule has 3 unspecified atom stereocenters. The average Bonchev–Trinajstić information content (AvgIpc) is 2.10. The van der Waals surface area contributed by atoms with Gasteiger partial charge in [-0.25, -0.2) is 0 Å². The predicted molar refractivity (Wildman–Crippen MR) is 72.0 cm³/mol. The maximum Gasteiger partial charge on any atom is 0.0131 e. The van der Waals surface area contributed by atoms with E-state index in [0.717, 1.165) is 18.1 Å². The molecule has 1 aliphatic rings. The first-order valence-corrected chi connectivity index (χ1v) is 6.84. The van der Waals surface area contributed by atoms with Gasteiger partial charge in [-0.1, -0.05) is 41.5 Å². The summed E-state index contributed by atoms with van der Waals surface area (Å²) in [6.45, 7) is 13.9. The topological polar surface area (TPSA) is 23.9 Å². The normalized spacial score (nSPS) is 34.1. The fourth-order valence-electron chi connectivity index (χ4n) is 3.45. The van der Waals surface area contributed by atoms with Crippen LogP contribution in [-0.4, -0.2) is 5.71 Å². The molecule has 1 saturated carbocycles. The molecule has 1 fully saturated rings. The summed E-state index contributed by atoms with van der Waals surface area (Å²) in [6.07, 6.45) is 3.61. The molecule has 1 nitrogen and oxygen atoms in total. The van der Waals surface area contributed by atoms with Gasteiger partial charge in [0, 0.05) is 11.6 Å². The van der Waals surface area contributed by atoms with Crippen LogP contribution in [0.1, 0.15) is 60.8 Å². The summed E-state index contributed by atoms with van der Waals surface area (Å²) in [4.78, 5) is 0. The highest BCUT2D eigenvalue weighted by atomic mass is 14.6. The Labute approximate surface area is 102 Å². The third-order valence-electron chi connectivity index (χ3n) is 4.70. The third-order valence-corrected chi connectivity index (χ3v) is 4.70. The second-order valence-electron chi connectivity index (χ2n) is 6.88. The summed E-state index contributed by atoms with van der Waals surface area (Å²) < 4.78 is 0. The fourth-order valence-corrected chi connectivity index (χ4v) is 3.45. The molecule has 0 aromatic rings. The molecule has 0 aliphatic heterocycles. The van der Waals surface area contributed by atoms with E-state index in [-0.39, 0.29) is 0 Å². The molecule has 1 heteroatoms. The molecular formula is C15H29N. The van der Waals surface area contributed by atoms with Crippen molar-refractivity contribution in [2.45, 2.75) is 60.8 Å². The van der Waals surface area contributed by atoms with Crippen molar-refractivity contribution in [2.24, 2.45) is 29.1 Å². The molecule has 0 bridgehead atoms. The molecule has 3 atom stereocenters. The van der Waals surface area contributed by atoms with Gasteiger partial charge < -0.3 is 5.41 Å². The lowest BCUT2D eigenvalue weighted by molar-refractivity contribution is 0.0692. The minimum absolute atomic E-state index is 0.309. The van der Waals surface area contributed by atoms with Crippen LogP contribution in [-0.2, 0) is 0 Å². The smallest absolute Gasteiger partial charge is 0.0131 e. The Kier molecular flexibility index (Phi) is 4.20. The first-order chi connectivity index (χ1) is 7.26. The van der Waals surface area contributed by atoms with Crippen LogP contribution in [0, 0.1) is 34.5 Å². The van der Waals surface area contributed by atoms with E-state index >= 15 is 0 Å². The van der Waals surface area contributed by atoms with Gasteiger partial charge in [0.05, 0.1) is 0 Å². The highest BCUT2D eigenvalue weighted by Crippen LogP contribution is 2.48. The Morgan fingerprint density at radius 3 is 2.31 bits per heavy atom. The van der Waals surface area contributed by atoms with E-state index in [1.54, 1.807) is 0 Å². The van der Waals surface area contributed by atoms with E-state index in [4.69, 9.17) is 5.41 Å². The van der Waals surface area contributed by atoms with Gasteiger partial charge in [0.15, 0.2) is 0 Å². The maximum absolute atomic E-state index is 8.39. The number of hydrogen-bond acceptors (Lipinski definition) is 1. The summed E-state index contributed by atoms with van der Waals surface area (Å²) in [5.41, 5.74) is 1.31. The van der Waals surface area contributed by atoms with Crippen molar-refractivity contribution in [3.63, 3.8) is 0 Å². The zero-order valence-electron chi connectivity index (χ0n) is 11.9. The molecule has 0 spiro atoms. The Morgan fingerprint density at radius 1 is 1.25 bits per heavy atom. The van der Waals surface area contributed by atoms with Crippen LogP contribution in [0.3, 0.4) is 0 Å². The molecule has 0 aromatic carbocycles. The van der Waals surface area contributed by atoms with Crippen LogP contribution in [0.15, 0.2) is 0 Å². The molecule has 0 heterocycles. The van der Waals surface area contributed by atoms with Crippen molar-refractivity contribution in [1.29, 1.82) is 5.41 Å². The van der Waals surface area contributed by atoms with Crippen molar-refractivity contribution in [3.05, 3.63) is 0 Å². The van der Waals surface area contributed by atoms with Crippen molar-refractivity contribution in [2.75, 3.05) is 0 Å². The highest BCUT2D eigenvalue weighted by Gasteiger charge is 2.43. The Balaban J connectivity index is 2.84. The molecule has 0 aromatic heterocycles. The Hall–Kier alpha value is -0.330. The standard InChI is InChI=1S/C15H29N/c1-10(2)9-13(16)14-11(3)7-8-12(4)15(14,5)6/h10-12,14,16H,7-9H2,1-6H3. The first-order valence-electron chi connectivity index (χ1n) is 6.84. The lowest BCUT2D eigenvalue weighted by Crippen LogP contribution is -2.44. The molecule has 94 valence electrons. The van der Waals surface area contributed by atoms with Crippen LogP contribution in [0.25, 0.3) is 0 Å². The van der Waals surface area contributed by atoms with Gasteiger partial charge in [0.1, 0.15) is 0 Å². The number of nitrogens with one attached hydrogen (secondary N) is 1. The summed E-state index contributed by atoms with van der Waals surface area (Å²) in [6, 6.07) is 0. The molecule has 0 radical (unpaired) electrons. The van der Waals surface area contributed by atoms with Gasteiger partial charge in [-0.05, 0) is 42.4 Å². The van der Waals surface area contributed by atoms with Gasteiger partial charge in [0.2, 0.25) is 0 Å². The average molecular weight is 223 g/mol. The SMILES string of the molecule is CC(C)CC(=N)C1C(C)CCC(C)C1(C)C. The van der Waals surface area contributed by atoms with Gasteiger partial charge in [0.25, 0.3) is 0 Å². The van der Waals surface area contributed by atoms with Crippen molar-refractivity contribution in [3.8, 4) is 0 Å². The molecular weight excluding hydrogens is 194 g/mol. The molecule has 16 heavy (non-hydrogen) atoms. The zero-order chi connectivity index (χ0) is 12.5. The van der Waals surface area contributed by atoms with Crippen LogP contribution < -0.4 is 0 Å². The second-order valence-corrected chi connectivity index (χ2v) is 6.88. The third kappa shape index (κ3) is 2.67. The lowest BCUT2D eigenvalue weighted by Gasteiger charge is -2.48. The summed E-state index contributed by atoms with van der Waals surface area (Å²) >= 11 is 0. The minimum atomic E-state index is 0.309. The van der Waals surface area contributed by atoms with Crippen LogP contribution >= 0.6 is 0 Å². The van der Waals surface area contributed by atoms with E-state index in [2.05, 4.69) is 41.5 Å². The molecule has 0 saturated heterocycles. The molecule has 1 aliphatic carbocycles. The summed E-state index contributed by atoms with van der Waals surface area (Å²) in [5.74, 6) is 2.56. The van der Waals surface area contributed by atoms with Crippen molar-refractivity contribution >= 4 is 5.71 Å². The predicted octanol–water partition coefficient (Wildman–Crippen LogP) is 4.76. The summed E-state index contributed by atoms with van der Waals surface area (Å²) in [7, 11) is 0. The summed E-state index contributed by atoms with van der Waals surface area (Å²) in [5, 5.41) is 8.39. The Bertz CT molecular complexity index is 252. The monoisotopic (exact) mass is 223 g/mol. The lowest BCUT2D eigenvalue weighted by atomic mass is 9.57. The van der Waals surface area contributed by atoms with Gasteiger partial charge >= 0.3 is 0 Å². The fraction of sp³-hybridized carbons (Fsp3) is 0.933. The van der Waals surface area contributed by atoms with E-state index in [0.29, 0.717) is 23.2 Å². The van der Waals surface area contributed by atoms with Crippen molar-refractivity contribution in [1.82, 2.24) is 0 Å². The van der Waals surface area contributed by atoms with Gasteiger partial charge in [-0.3, -0.25) is 0 Å². The minimum Gasteiger partial charge on any atom is -0.309 e. The van der Waals surface area contributed by atoms with Crippen LogP contribution in [0.4, 0.5) is 0 Å². The van der Waals surface area contributed by atoms with E-state index < -0.39 is 0 Å². The van der Waals surface area contributed by atoms with Gasteiger partial charge in [-0.15, -0.1) is 0 Å². The van der Waals surface area contributed by atoms with E-state index in [1.807, 2.05) is 0 Å². The number of rotatable bonds is 3. The zero-order valence-corrected chi connectivity index (χ0v) is 11.9. The van der Waals surface area contributed by atoms with Crippen LogP contribution in [0.2, 0.25) is 0 Å². The molecule has 1 N–H and O–H groups in total. The van der Waals surface area contributed by atoms with Crippen molar-refractivity contribution < 1.29 is 0 Å². The van der Waals surface area contributed by atoms with E-state index in [1.165, 1.54) is 12.8 Å². The Morgan fingerprint density at radius 2 is 1.81 bits per heavy atom. The highest BCUT2D eigenvalue weighted by molar-refractivity contribution is 5.85. The number of hydrogen-bond donors (Lipinski definition) is 1. The second kappa shape index (κ2) is 4.89.